The van der Waals surface area contributed by atoms with Gasteiger partial charge < -0.3 is 23.9 Å². The van der Waals surface area contributed by atoms with Crippen molar-refractivity contribution in [3.63, 3.8) is 0 Å². The van der Waals surface area contributed by atoms with Gasteiger partial charge in [0.2, 0.25) is 5.88 Å². The molecule has 0 aliphatic rings. The summed E-state index contributed by atoms with van der Waals surface area (Å²) in [7, 11) is 1.20. The standard InChI is InChI=1S/C21H20F2N2O7/c1-3-31-17-9-12(7-8-16(17)32-21(22)23)15(10-18(26)30-2)24-11-13-5-4-6-14(25(28)29)19(13)20(24)27/h4-9,11,15,21,27H,3,10H2,1-2H3. The SMILES string of the molecule is CCOc1cc(C(CC(=O)OC)n2cc3cccc([N+](=O)[O-])c3c2O)ccc1OC(F)F. The molecule has 3 rings (SSSR count). The zero-order valence-electron chi connectivity index (χ0n) is 17.2. The number of alkyl halides is 2. The highest BCUT2D eigenvalue weighted by Gasteiger charge is 2.27. The second kappa shape index (κ2) is 9.50. The molecule has 0 aliphatic heterocycles. The van der Waals surface area contributed by atoms with Gasteiger partial charge in [-0.25, -0.2) is 0 Å². The monoisotopic (exact) mass is 450 g/mol. The van der Waals surface area contributed by atoms with Gasteiger partial charge in [-0.05, 0) is 24.6 Å². The van der Waals surface area contributed by atoms with Crippen LogP contribution in [0.5, 0.6) is 17.4 Å². The van der Waals surface area contributed by atoms with Crippen molar-refractivity contribution in [1.29, 1.82) is 0 Å². The minimum absolute atomic E-state index is 0.00931. The Morgan fingerprint density at radius 2 is 2.00 bits per heavy atom. The van der Waals surface area contributed by atoms with E-state index in [-0.39, 0.29) is 35.6 Å². The number of nitro benzene ring substituents is 1. The molecule has 1 N–H and O–H groups in total. The van der Waals surface area contributed by atoms with Crippen LogP contribution >= 0.6 is 0 Å². The summed E-state index contributed by atoms with van der Waals surface area (Å²) < 4.78 is 41.4. The van der Waals surface area contributed by atoms with Crippen LogP contribution in [0.3, 0.4) is 0 Å². The third-order valence-electron chi connectivity index (χ3n) is 4.81. The van der Waals surface area contributed by atoms with Gasteiger partial charge in [-0.15, -0.1) is 0 Å². The van der Waals surface area contributed by atoms with Crippen LogP contribution in [0.15, 0.2) is 42.6 Å². The molecule has 32 heavy (non-hydrogen) atoms. The average molecular weight is 450 g/mol. The van der Waals surface area contributed by atoms with E-state index in [1.165, 1.54) is 48.2 Å². The molecule has 0 spiro atoms. The zero-order chi connectivity index (χ0) is 23.4. The molecule has 0 radical (unpaired) electrons. The number of halogens is 2. The lowest BCUT2D eigenvalue weighted by Crippen LogP contribution is -2.16. The third kappa shape index (κ3) is 4.56. The Morgan fingerprint density at radius 3 is 2.62 bits per heavy atom. The van der Waals surface area contributed by atoms with Gasteiger partial charge in [-0.3, -0.25) is 14.9 Å². The lowest BCUT2D eigenvalue weighted by molar-refractivity contribution is -0.383. The Morgan fingerprint density at radius 1 is 1.25 bits per heavy atom. The quantitative estimate of drug-likeness (QED) is 0.292. The summed E-state index contributed by atoms with van der Waals surface area (Å²) in [6, 6.07) is 7.54. The topological polar surface area (TPSA) is 113 Å². The molecule has 11 heteroatoms. The molecule has 0 saturated heterocycles. The number of esters is 1. The van der Waals surface area contributed by atoms with E-state index in [1.54, 1.807) is 13.0 Å². The molecule has 0 bridgehead atoms. The van der Waals surface area contributed by atoms with Gasteiger partial charge in [-0.1, -0.05) is 18.2 Å². The number of carbonyl (C=O) groups excluding carboxylic acids is 1. The molecule has 0 amide bonds. The third-order valence-corrected chi connectivity index (χ3v) is 4.81. The van der Waals surface area contributed by atoms with E-state index >= 15 is 0 Å². The fourth-order valence-electron chi connectivity index (χ4n) is 3.45. The predicted octanol–water partition coefficient (Wildman–Crippen LogP) is 4.41. The summed E-state index contributed by atoms with van der Waals surface area (Å²) in [5.41, 5.74) is 0.102. The van der Waals surface area contributed by atoms with Crippen molar-refractivity contribution in [1.82, 2.24) is 4.57 Å². The summed E-state index contributed by atoms with van der Waals surface area (Å²) in [6.45, 7) is -1.24. The Bertz CT molecular complexity index is 1150. The van der Waals surface area contributed by atoms with Crippen molar-refractivity contribution in [2.45, 2.75) is 26.0 Å². The molecule has 1 atom stereocenters. The normalized spacial score (nSPS) is 12.0. The second-order valence-corrected chi connectivity index (χ2v) is 6.67. The van der Waals surface area contributed by atoms with E-state index in [2.05, 4.69) is 4.74 Å². The maximum absolute atomic E-state index is 12.7. The van der Waals surface area contributed by atoms with Crippen LogP contribution in [0.4, 0.5) is 14.5 Å². The molecule has 0 aliphatic carbocycles. The highest BCUT2D eigenvalue weighted by Crippen LogP contribution is 2.40. The summed E-state index contributed by atoms with van der Waals surface area (Å²) in [4.78, 5) is 22.9. The van der Waals surface area contributed by atoms with Crippen LogP contribution in [-0.4, -0.2) is 40.9 Å². The minimum Gasteiger partial charge on any atom is -0.494 e. The Labute approximate surface area is 180 Å². The first-order chi connectivity index (χ1) is 15.3. The number of non-ortho nitro benzene ring substituents is 1. The van der Waals surface area contributed by atoms with Crippen molar-refractivity contribution in [3.05, 3.63) is 58.3 Å². The number of nitrogens with zero attached hydrogens (tertiary/aromatic N) is 2. The largest absolute Gasteiger partial charge is 0.494 e. The van der Waals surface area contributed by atoms with Gasteiger partial charge in [0.1, 0.15) is 5.39 Å². The number of hydrogen-bond donors (Lipinski definition) is 1. The number of carbonyl (C=O) groups is 1. The van der Waals surface area contributed by atoms with Crippen molar-refractivity contribution in [2.75, 3.05) is 13.7 Å². The summed E-state index contributed by atoms with van der Waals surface area (Å²) in [6.07, 6.45) is 1.22. The number of benzene rings is 2. The van der Waals surface area contributed by atoms with Crippen LogP contribution in [0.25, 0.3) is 10.8 Å². The molecular weight excluding hydrogens is 430 g/mol. The van der Waals surface area contributed by atoms with E-state index < -0.39 is 29.4 Å². The number of nitro groups is 1. The lowest BCUT2D eigenvalue weighted by Gasteiger charge is -2.21. The van der Waals surface area contributed by atoms with E-state index in [1.807, 2.05) is 0 Å². The first kappa shape index (κ1) is 22.8. The van der Waals surface area contributed by atoms with Crippen LogP contribution in [0.1, 0.15) is 24.9 Å². The van der Waals surface area contributed by atoms with Gasteiger partial charge in [0.05, 0.1) is 31.1 Å². The van der Waals surface area contributed by atoms with Gasteiger partial charge in [-0.2, -0.15) is 8.78 Å². The van der Waals surface area contributed by atoms with E-state index in [0.717, 1.165) is 0 Å². The van der Waals surface area contributed by atoms with E-state index in [9.17, 15) is 28.8 Å². The minimum atomic E-state index is -3.06. The van der Waals surface area contributed by atoms with Gasteiger partial charge >= 0.3 is 12.6 Å². The van der Waals surface area contributed by atoms with Gasteiger partial charge in [0, 0.05) is 17.6 Å². The molecule has 170 valence electrons. The van der Waals surface area contributed by atoms with Gasteiger partial charge in [0.25, 0.3) is 5.69 Å². The first-order valence-corrected chi connectivity index (χ1v) is 9.52. The molecule has 1 aromatic heterocycles. The van der Waals surface area contributed by atoms with Crippen LogP contribution in [0.2, 0.25) is 0 Å². The summed E-state index contributed by atoms with van der Waals surface area (Å²) in [5.74, 6) is -1.22. The Hall–Kier alpha value is -3.89. The average Bonchev–Trinajstić information content (AvgIpc) is 3.09. The number of ether oxygens (including phenoxy) is 3. The maximum atomic E-state index is 12.7. The molecule has 0 saturated carbocycles. The molecule has 9 nitrogen and oxygen atoms in total. The zero-order valence-corrected chi connectivity index (χ0v) is 17.2. The Kier molecular flexibility index (Phi) is 6.76. The van der Waals surface area contributed by atoms with Gasteiger partial charge in [0.15, 0.2) is 11.5 Å². The van der Waals surface area contributed by atoms with Crippen molar-refractivity contribution < 1.29 is 37.8 Å². The summed E-state index contributed by atoms with van der Waals surface area (Å²) >= 11 is 0. The number of methoxy groups -OCH3 is 1. The maximum Gasteiger partial charge on any atom is 0.387 e. The van der Waals surface area contributed by atoms with Crippen molar-refractivity contribution in [3.8, 4) is 17.4 Å². The number of rotatable bonds is 9. The lowest BCUT2D eigenvalue weighted by atomic mass is 10.0. The highest BCUT2D eigenvalue weighted by molar-refractivity contribution is 5.95. The number of aromatic hydroxyl groups is 1. The molecule has 2 aromatic carbocycles. The van der Waals surface area contributed by atoms with Crippen molar-refractivity contribution >= 4 is 22.4 Å². The highest BCUT2D eigenvalue weighted by atomic mass is 19.3. The predicted molar refractivity (Wildman–Crippen MR) is 109 cm³/mol. The molecular formula is C21H20F2N2O7. The second-order valence-electron chi connectivity index (χ2n) is 6.67. The number of hydrogen-bond acceptors (Lipinski definition) is 7. The van der Waals surface area contributed by atoms with Crippen LogP contribution < -0.4 is 9.47 Å². The summed E-state index contributed by atoms with van der Waals surface area (Å²) in [5, 5.41) is 22.6. The molecule has 3 aromatic rings. The van der Waals surface area contributed by atoms with E-state index in [4.69, 9.17) is 9.47 Å². The van der Waals surface area contributed by atoms with E-state index in [0.29, 0.717) is 10.9 Å². The first-order valence-electron chi connectivity index (χ1n) is 9.52. The molecule has 0 fully saturated rings. The van der Waals surface area contributed by atoms with Crippen LogP contribution in [-0.2, 0) is 9.53 Å². The molecule has 1 unspecified atom stereocenters. The fraction of sp³-hybridized carbons (Fsp3) is 0.286. The van der Waals surface area contributed by atoms with Crippen molar-refractivity contribution in [2.24, 2.45) is 0 Å². The smallest absolute Gasteiger partial charge is 0.387 e. The Balaban J connectivity index is 2.17. The number of fused-ring (bicyclic) bond motifs is 1. The number of aromatic nitrogens is 1. The molecule has 1 heterocycles. The fourth-order valence-corrected chi connectivity index (χ4v) is 3.45. The van der Waals surface area contributed by atoms with Crippen LogP contribution in [0, 0.1) is 10.1 Å².